The second kappa shape index (κ2) is 10.8. The Bertz CT molecular complexity index is 691. The van der Waals surface area contributed by atoms with Crippen LogP contribution in [0, 0.1) is 0 Å². The van der Waals surface area contributed by atoms with Gasteiger partial charge in [0.05, 0.1) is 25.4 Å². The number of hydrogen-bond acceptors (Lipinski definition) is 6. The van der Waals surface area contributed by atoms with E-state index in [0.717, 1.165) is 5.75 Å². The van der Waals surface area contributed by atoms with Crippen molar-refractivity contribution in [1.82, 2.24) is 9.80 Å². The van der Waals surface area contributed by atoms with Crippen molar-refractivity contribution in [3.63, 3.8) is 0 Å². The number of carbonyl (C=O) groups is 2. The molecule has 28 heavy (non-hydrogen) atoms. The van der Waals surface area contributed by atoms with E-state index in [1.807, 2.05) is 43.0 Å². The van der Waals surface area contributed by atoms with Crippen LogP contribution < -0.4 is 4.74 Å². The van der Waals surface area contributed by atoms with Crippen LogP contribution in [0.4, 0.5) is 0 Å². The first-order valence-corrected chi connectivity index (χ1v) is 9.65. The number of rotatable bonds is 12. The van der Waals surface area contributed by atoms with Gasteiger partial charge in [0.1, 0.15) is 11.4 Å². The summed E-state index contributed by atoms with van der Waals surface area (Å²) in [6.07, 6.45) is 0.706. The molecule has 0 spiro atoms. The number of benzene rings is 1. The maximum atomic E-state index is 13.1. The molecule has 0 N–H and O–H groups in total. The van der Waals surface area contributed by atoms with E-state index in [4.69, 9.17) is 14.2 Å². The highest BCUT2D eigenvalue weighted by Crippen LogP contribution is 2.32. The maximum absolute atomic E-state index is 13.1. The second-order valence-corrected chi connectivity index (χ2v) is 6.42. The molecule has 2 amide bonds. The molecule has 0 aromatic heterocycles. The topological polar surface area (TPSA) is 68.3 Å². The third-order valence-electron chi connectivity index (χ3n) is 4.49. The highest BCUT2D eigenvalue weighted by molar-refractivity contribution is 6.35. The minimum atomic E-state index is -0.261. The van der Waals surface area contributed by atoms with Crippen molar-refractivity contribution >= 4 is 17.4 Å². The Morgan fingerprint density at radius 3 is 2.04 bits per heavy atom. The van der Waals surface area contributed by atoms with Gasteiger partial charge in [-0.1, -0.05) is 19.1 Å². The standard InChI is InChI=1S/C21H30N2O5/c1-5-11-23-20(24)18(16-7-9-17(10-8-16)28-6-2)19(21(23)25)22(12-14-26-3)13-15-27-4/h7-10H,5-6,11-15H2,1-4H3. The number of amides is 2. The molecule has 0 atom stereocenters. The molecule has 1 aromatic carbocycles. The van der Waals surface area contributed by atoms with E-state index >= 15 is 0 Å². The molecular weight excluding hydrogens is 360 g/mol. The van der Waals surface area contributed by atoms with Gasteiger partial charge in [0.2, 0.25) is 0 Å². The minimum Gasteiger partial charge on any atom is -0.494 e. The molecule has 0 fully saturated rings. The van der Waals surface area contributed by atoms with E-state index in [1.165, 1.54) is 4.90 Å². The van der Waals surface area contributed by atoms with Gasteiger partial charge in [-0.05, 0) is 31.0 Å². The summed E-state index contributed by atoms with van der Waals surface area (Å²) in [6, 6.07) is 7.29. The van der Waals surface area contributed by atoms with Crippen LogP contribution in [0.5, 0.6) is 5.75 Å². The molecular formula is C21H30N2O5. The molecule has 154 valence electrons. The van der Waals surface area contributed by atoms with Crippen molar-refractivity contribution < 1.29 is 23.8 Å². The van der Waals surface area contributed by atoms with E-state index in [1.54, 1.807) is 14.2 Å². The zero-order valence-electron chi connectivity index (χ0n) is 17.2. The number of hydrogen-bond donors (Lipinski definition) is 0. The highest BCUT2D eigenvalue weighted by Gasteiger charge is 2.40. The Hall–Kier alpha value is -2.38. The number of carbonyl (C=O) groups excluding carboxylic acids is 2. The Morgan fingerprint density at radius 1 is 0.929 bits per heavy atom. The number of methoxy groups -OCH3 is 2. The lowest BCUT2D eigenvalue weighted by atomic mass is 10.0. The van der Waals surface area contributed by atoms with Crippen molar-refractivity contribution in [2.75, 3.05) is 53.7 Å². The van der Waals surface area contributed by atoms with E-state index < -0.39 is 0 Å². The Labute approximate surface area is 166 Å². The molecule has 0 radical (unpaired) electrons. The van der Waals surface area contributed by atoms with Gasteiger partial charge in [0.15, 0.2) is 0 Å². The summed E-state index contributed by atoms with van der Waals surface area (Å²) in [7, 11) is 3.22. The summed E-state index contributed by atoms with van der Waals surface area (Å²) in [5.41, 5.74) is 1.54. The van der Waals surface area contributed by atoms with Crippen LogP contribution in [0.3, 0.4) is 0 Å². The Kier molecular flexibility index (Phi) is 8.47. The fraction of sp³-hybridized carbons (Fsp3) is 0.524. The van der Waals surface area contributed by atoms with Crippen LogP contribution in [0.2, 0.25) is 0 Å². The van der Waals surface area contributed by atoms with E-state index in [0.29, 0.717) is 62.7 Å². The van der Waals surface area contributed by atoms with Gasteiger partial charge < -0.3 is 19.1 Å². The van der Waals surface area contributed by atoms with Gasteiger partial charge in [-0.15, -0.1) is 0 Å². The molecule has 0 saturated heterocycles. The third kappa shape index (κ3) is 4.91. The number of ether oxygens (including phenoxy) is 3. The molecule has 0 aliphatic carbocycles. The van der Waals surface area contributed by atoms with Crippen molar-refractivity contribution in [3.8, 4) is 5.75 Å². The molecule has 0 unspecified atom stereocenters. The summed E-state index contributed by atoms with van der Waals surface area (Å²) >= 11 is 0. The molecule has 0 saturated carbocycles. The van der Waals surface area contributed by atoms with Gasteiger partial charge in [-0.25, -0.2) is 0 Å². The van der Waals surface area contributed by atoms with Crippen LogP contribution in [-0.4, -0.2) is 75.3 Å². The smallest absolute Gasteiger partial charge is 0.277 e. The van der Waals surface area contributed by atoms with E-state index in [9.17, 15) is 9.59 Å². The predicted molar refractivity (Wildman–Crippen MR) is 107 cm³/mol. The molecule has 7 nitrogen and oxygen atoms in total. The zero-order chi connectivity index (χ0) is 20.5. The molecule has 2 rings (SSSR count). The summed E-state index contributed by atoms with van der Waals surface area (Å²) in [6.45, 7) is 6.70. The summed E-state index contributed by atoms with van der Waals surface area (Å²) < 4.78 is 15.9. The van der Waals surface area contributed by atoms with Gasteiger partial charge >= 0.3 is 0 Å². The monoisotopic (exact) mass is 390 g/mol. The maximum Gasteiger partial charge on any atom is 0.277 e. The van der Waals surface area contributed by atoms with Crippen molar-refractivity contribution in [3.05, 3.63) is 35.5 Å². The van der Waals surface area contributed by atoms with Gasteiger partial charge in [-0.2, -0.15) is 0 Å². The highest BCUT2D eigenvalue weighted by atomic mass is 16.5. The normalized spacial score (nSPS) is 14.2. The van der Waals surface area contributed by atoms with Crippen LogP contribution in [0.25, 0.3) is 5.57 Å². The second-order valence-electron chi connectivity index (χ2n) is 6.42. The molecule has 0 bridgehead atoms. The van der Waals surface area contributed by atoms with Crippen molar-refractivity contribution in [2.45, 2.75) is 20.3 Å². The van der Waals surface area contributed by atoms with Crippen molar-refractivity contribution in [2.24, 2.45) is 0 Å². The largest absolute Gasteiger partial charge is 0.494 e. The van der Waals surface area contributed by atoms with Gasteiger partial charge in [0, 0.05) is 33.9 Å². The average molecular weight is 390 g/mol. The lowest BCUT2D eigenvalue weighted by Crippen LogP contribution is -2.38. The third-order valence-corrected chi connectivity index (χ3v) is 4.49. The molecule has 1 aliphatic rings. The summed E-state index contributed by atoms with van der Waals surface area (Å²) in [5, 5.41) is 0. The lowest BCUT2D eigenvalue weighted by Gasteiger charge is -2.25. The Balaban J connectivity index is 2.49. The first-order chi connectivity index (χ1) is 13.6. The molecule has 1 aromatic rings. The number of imide groups is 1. The Morgan fingerprint density at radius 2 is 1.54 bits per heavy atom. The fourth-order valence-electron chi connectivity index (χ4n) is 3.17. The van der Waals surface area contributed by atoms with Crippen LogP contribution in [0.1, 0.15) is 25.8 Å². The predicted octanol–water partition coefficient (Wildman–Crippen LogP) is 2.17. The number of nitrogens with zero attached hydrogens (tertiary/aromatic N) is 2. The van der Waals surface area contributed by atoms with Crippen LogP contribution in [0.15, 0.2) is 30.0 Å². The van der Waals surface area contributed by atoms with Crippen LogP contribution in [-0.2, 0) is 19.1 Å². The van der Waals surface area contributed by atoms with Crippen LogP contribution >= 0.6 is 0 Å². The van der Waals surface area contributed by atoms with E-state index in [2.05, 4.69) is 0 Å². The first-order valence-electron chi connectivity index (χ1n) is 9.65. The quantitative estimate of drug-likeness (QED) is 0.510. The van der Waals surface area contributed by atoms with Gasteiger partial charge in [0.25, 0.3) is 11.8 Å². The zero-order valence-corrected chi connectivity index (χ0v) is 17.2. The van der Waals surface area contributed by atoms with E-state index in [-0.39, 0.29) is 11.8 Å². The van der Waals surface area contributed by atoms with Gasteiger partial charge in [-0.3, -0.25) is 14.5 Å². The first kappa shape index (κ1) is 21.9. The molecule has 7 heteroatoms. The minimum absolute atomic E-state index is 0.258. The SMILES string of the molecule is CCCN1C(=O)C(c2ccc(OCC)cc2)=C(N(CCOC)CCOC)C1=O. The van der Waals surface area contributed by atoms with Crippen molar-refractivity contribution in [1.29, 1.82) is 0 Å². The molecule has 1 aliphatic heterocycles. The molecule has 1 heterocycles. The summed E-state index contributed by atoms with van der Waals surface area (Å²) in [5.74, 6) is 0.208. The summed E-state index contributed by atoms with van der Waals surface area (Å²) in [4.78, 5) is 29.4. The average Bonchev–Trinajstić information content (AvgIpc) is 2.94. The fourth-order valence-corrected chi connectivity index (χ4v) is 3.17. The lowest BCUT2D eigenvalue weighted by molar-refractivity contribution is -0.137.